The number of fused-ring (bicyclic) bond motifs is 7. The van der Waals surface area contributed by atoms with Gasteiger partial charge in [0.05, 0.1) is 17.9 Å². The average Bonchev–Trinajstić information content (AvgIpc) is 3.48. The minimum absolute atomic E-state index is 0.0525. The van der Waals surface area contributed by atoms with Gasteiger partial charge in [0, 0.05) is 43.5 Å². The van der Waals surface area contributed by atoms with Gasteiger partial charge in [-0.05, 0) is 118 Å². The molecule has 2 atom stereocenters. The quantitative estimate of drug-likeness (QED) is 0.160. The summed E-state index contributed by atoms with van der Waals surface area (Å²) in [7, 11) is -7.54. The minimum atomic E-state index is -3.77. The van der Waals surface area contributed by atoms with E-state index >= 15 is 0 Å². The normalized spacial score (nSPS) is 22.5. The van der Waals surface area contributed by atoms with Gasteiger partial charge in [0.25, 0.3) is 11.8 Å². The maximum atomic E-state index is 13.2. The van der Waals surface area contributed by atoms with Gasteiger partial charge in [0.2, 0.25) is 32.3 Å². The molecule has 2 bridgehead atoms. The highest BCUT2D eigenvalue weighted by Gasteiger charge is 2.53. The number of rotatable bonds is 9. The second-order valence-electron chi connectivity index (χ2n) is 18.4. The van der Waals surface area contributed by atoms with Gasteiger partial charge in [-0.3, -0.25) is 14.3 Å². The topological polar surface area (TPSA) is 133 Å². The molecule has 4 aromatic rings. The molecular formula is C47H49Br2N4O6S2+. The fourth-order valence-corrected chi connectivity index (χ4v) is 12.1. The molecule has 2 amide bonds. The van der Waals surface area contributed by atoms with E-state index < -0.39 is 42.7 Å². The summed E-state index contributed by atoms with van der Waals surface area (Å²) in [6.45, 7) is 12.8. The van der Waals surface area contributed by atoms with Gasteiger partial charge >= 0.3 is 0 Å². The van der Waals surface area contributed by atoms with Crippen molar-refractivity contribution in [1.29, 1.82) is 0 Å². The summed E-state index contributed by atoms with van der Waals surface area (Å²) in [5, 5.41) is 4.22. The molecule has 14 heteroatoms. The largest absolute Gasteiger partial charge is 0.334 e. The number of nitrogens with one attached hydrogen (secondary N) is 2. The Morgan fingerprint density at radius 1 is 0.754 bits per heavy atom. The Kier molecular flexibility index (Phi) is 10.6. The third-order valence-electron chi connectivity index (χ3n) is 13.1. The lowest BCUT2D eigenvalue weighted by Crippen LogP contribution is -2.49. The summed E-state index contributed by atoms with van der Waals surface area (Å²) in [5.74, 6) is -0.654. The van der Waals surface area contributed by atoms with Crippen LogP contribution in [0.5, 0.6) is 0 Å². The van der Waals surface area contributed by atoms with Crippen molar-refractivity contribution in [3.8, 4) is 0 Å². The first-order chi connectivity index (χ1) is 28.4. The van der Waals surface area contributed by atoms with E-state index in [1.54, 1.807) is 0 Å². The number of halogens is 2. The van der Waals surface area contributed by atoms with Crippen LogP contribution in [0.4, 0.5) is 11.4 Å². The van der Waals surface area contributed by atoms with Crippen molar-refractivity contribution >= 4 is 102 Å². The van der Waals surface area contributed by atoms with Crippen LogP contribution in [0, 0.1) is 17.3 Å². The number of hydrogen-bond donors (Lipinski definition) is 2. The number of hydrogen-bond acceptors (Lipinski definition) is 7. The van der Waals surface area contributed by atoms with Crippen molar-refractivity contribution in [2.24, 2.45) is 17.3 Å². The van der Waals surface area contributed by atoms with Gasteiger partial charge in [-0.2, -0.15) is 4.58 Å². The number of carbonyl (C=O) groups is 2. The van der Waals surface area contributed by atoms with Crippen LogP contribution in [-0.4, -0.2) is 64.5 Å². The Labute approximate surface area is 374 Å². The molecule has 0 spiro atoms. The number of nitrogens with zero attached hydrogens (tertiary/aromatic N) is 2. The van der Waals surface area contributed by atoms with Crippen molar-refractivity contribution in [2.75, 3.05) is 30.5 Å². The molecule has 1 fully saturated rings. The molecule has 2 N–H and O–H groups in total. The molecule has 10 nitrogen and oxygen atoms in total. The zero-order valence-corrected chi connectivity index (χ0v) is 40.2. The summed E-state index contributed by atoms with van der Waals surface area (Å²) in [6.07, 6.45) is 13.7. The second-order valence-corrected chi connectivity index (χ2v) is 23.7. The Hall–Kier alpha value is -4.37. The lowest BCUT2D eigenvalue weighted by Gasteiger charge is -2.57. The van der Waals surface area contributed by atoms with Gasteiger partial charge in [-0.15, -0.1) is 0 Å². The number of anilines is 1. The first-order valence-corrected chi connectivity index (χ1v) is 25.4. The van der Waals surface area contributed by atoms with Crippen molar-refractivity contribution in [3.05, 3.63) is 128 Å². The van der Waals surface area contributed by atoms with Crippen LogP contribution in [0.15, 0.2) is 117 Å². The van der Waals surface area contributed by atoms with Gasteiger partial charge in [-0.25, -0.2) is 21.6 Å². The molecule has 3 aliphatic carbocycles. The third-order valence-corrected chi connectivity index (χ3v) is 15.3. The minimum Gasteiger partial charge on any atom is -0.334 e. The van der Waals surface area contributed by atoms with E-state index in [2.05, 4.69) is 137 Å². The van der Waals surface area contributed by atoms with Crippen LogP contribution in [0.3, 0.4) is 0 Å². The number of allylic oxidation sites excluding steroid dienone is 8. The summed E-state index contributed by atoms with van der Waals surface area (Å²) < 4.78 is 56.6. The van der Waals surface area contributed by atoms with Crippen molar-refractivity contribution < 1.29 is 31.0 Å². The molecule has 318 valence electrons. The van der Waals surface area contributed by atoms with Crippen LogP contribution >= 0.6 is 31.9 Å². The summed E-state index contributed by atoms with van der Waals surface area (Å²) >= 11 is 7.20. The fraction of sp³-hybridized carbons (Fsp3) is 0.340. The first-order valence-electron chi connectivity index (χ1n) is 20.1. The summed E-state index contributed by atoms with van der Waals surface area (Å²) in [6, 6.07) is 20.4. The molecule has 1 saturated carbocycles. The highest BCUT2D eigenvalue weighted by Crippen LogP contribution is 2.61. The lowest BCUT2D eigenvalue weighted by atomic mass is 9.47. The van der Waals surface area contributed by atoms with E-state index in [1.807, 2.05) is 45.9 Å². The average molecular weight is 990 g/mol. The number of amides is 2. The summed E-state index contributed by atoms with van der Waals surface area (Å²) in [4.78, 5) is 28.4. The molecule has 9 rings (SSSR count). The van der Waals surface area contributed by atoms with Crippen molar-refractivity contribution in [2.45, 2.75) is 58.8 Å². The van der Waals surface area contributed by atoms with Crippen LogP contribution in [0.25, 0.3) is 21.5 Å². The van der Waals surface area contributed by atoms with E-state index in [4.69, 9.17) is 0 Å². The third kappa shape index (κ3) is 7.76. The maximum absolute atomic E-state index is 13.2. The smallest absolute Gasteiger partial charge is 0.299 e. The lowest BCUT2D eigenvalue weighted by molar-refractivity contribution is -0.425. The molecule has 61 heavy (non-hydrogen) atoms. The first kappa shape index (κ1) is 43.3. The van der Waals surface area contributed by atoms with Crippen molar-refractivity contribution in [3.63, 3.8) is 0 Å². The number of sulfonamides is 2. The van der Waals surface area contributed by atoms with Crippen molar-refractivity contribution in [1.82, 2.24) is 9.44 Å². The Balaban J connectivity index is 1.22. The molecule has 2 heterocycles. The van der Waals surface area contributed by atoms with Gasteiger partial charge < -0.3 is 4.90 Å². The molecular weight excluding hydrogens is 940 g/mol. The molecule has 2 aliphatic heterocycles. The molecule has 2 unspecified atom stereocenters. The molecule has 0 aromatic heterocycles. The van der Waals surface area contributed by atoms with Crippen LogP contribution in [0.1, 0.15) is 59.1 Å². The zero-order valence-electron chi connectivity index (χ0n) is 35.4. The van der Waals surface area contributed by atoms with Crippen LogP contribution in [0.2, 0.25) is 0 Å². The van der Waals surface area contributed by atoms with Gasteiger partial charge in [0.1, 0.15) is 6.54 Å². The molecule has 0 radical (unpaired) electrons. The molecule has 5 aliphatic rings. The van der Waals surface area contributed by atoms with E-state index in [0.717, 1.165) is 94.5 Å². The van der Waals surface area contributed by atoms with Crippen LogP contribution < -0.4 is 14.3 Å². The Bertz CT molecular complexity index is 3020. The SMILES string of the molecule is CC1(C)C(/C=C/C2=CC(=C/C=C3/N(CC(=O)NS(C)(=O)=O)c4ccc5cc(Br)ccc5c4C3(C)C)/C3CC2C3(C)C)=[N+](CC(=O)NS(C)(=O)=O)c2ccc3cc(Br)ccc3c21. The van der Waals surface area contributed by atoms with Gasteiger partial charge in [0.15, 0.2) is 5.71 Å². The van der Waals surface area contributed by atoms with Crippen LogP contribution in [-0.2, 0) is 40.5 Å². The second kappa shape index (κ2) is 14.9. The van der Waals surface area contributed by atoms with Gasteiger partial charge in [-0.1, -0.05) is 96.0 Å². The predicted molar refractivity (Wildman–Crippen MR) is 251 cm³/mol. The number of carbonyl (C=O) groups excluding carboxylic acids is 2. The highest BCUT2D eigenvalue weighted by molar-refractivity contribution is 9.10. The zero-order chi connectivity index (χ0) is 44.2. The maximum Gasteiger partial charge on any atom is 0.299 e. The predicted octanol–water partition coefficient (Wildman–Crippen LogP) is 8.81. The van der Waals surface area contributed by atoms with E-state index in [9.17, 15) is 26.4 Å². The highest BCUT2D eigenvalue weighted by atomic mass is 79.9. The Morgan fingerprint density at radius 2 is 1.34 bits per heavy atom. The van der Waals surface area contributed by atoms with E-state index in [1.165, 1.54) is 0 Å². The molecule has 4 aromatic carbocycles. The Morgan fingerprint density at radius 3 is 1.95 bits per heavy atom. The fourth-order valence-electron chi connectivity index (χ4n) is 10.4. The number of benzene rings is 4. The van der Waals surface area contributed by atoms with E-state index in [0.29, 0.717) is 11.8 Å². The standard InChI is InChI=1S/C47H48Br2N4O6S2/c1-45(2)35-24-36(45)30(12-20-40-47(5,6)44-34-16-14-32(49)23-28(34)10-18-38(44)53(40)26-42(55)51-61(8,58)59)21-29(35)11-19-39-46(3,4)43-33-15-13-31(48)22-27(33)9-17-37(43)52(39)25-41(54)50-60(7,56)57/h9-23,35-36H,24-26H2,1-8H3,(H-,50,51,54,55)/p+1. The van der Waals surface area contributed by atoms with E-state index in [-0.39, 0.29) is 18.5 Å². The summed E-state index contributed by atoms with van der Waals surface area (Å²) in [5.41, 5.74) is 6.75. The monoisotopic (exact) mass is 987 g/mol. The molecule has 0 saturated heterocycles.